The Morgan fingerprint density at radius 3 is 2.73 bits per heavy atom. The first kappa shape index (κ1) is 10.3. The van der Waals surface area contributed by atoms with Crippen molar-refractivity contribution in [2.24, 2.45) is 0 Å². The molecule has 0 bridgehead atoms. The van der Waals surface area contributed by atoms with Gasteiger partial charge >= 0.3 is 0 Å². The van der Waals surface area contributed by atoms with Gasteiger partial charge in [-0.05, 0) is 25.5 Å². The van der Waals surface area contributed by atoms with E-state index < -0.39 is 0 Å². The number of hydrogen-bond donors (Lipinski definition) is 1. The molecule has 0 saturated carbocycles. The second kappa shape index (κ2) is 4.11. The predicted octanol–water partition coefficient (Wildman–Crippen LogP) is 3.39. The van der Waals surface area contributed by atoms with E-state index in [-0.39, 0.29) is 0 Å². The van der Waals surface area contributed by atoms with Crippen molar-refractivity contribution in [1.29, 1.82) is 0 Å². The van der Waals surface area contributed by atoms with Crippen LogP contribution in [-0.2, 0) is 5.75 Å². The first-order chi connectivity index (χ1) is 7.20. The van der Waals surface area contributed by atoms with Crippen molar-refractivity contribution in [2.75, 3.05) is 0 Å². The van der Waals surface area contributed by atoms with Gasteiger partial charge in [-0.1, -0.05) is 22.9 Å². The van der Waals surface area contributed by atoms with Crippen LogP contribution >= 0.6 is 12.6 Å². The zero-order chi connectivity index (χ0) is 10.8. The van der Waals surface area contributed by atoms with E-state index in [1.165, 1.54) is 11.1 Å². The third-order valence-corrected chi connectivity index (χ3v) is 2.70. The Hall–Kier alpha value is -1.22. The summed E-state index contributed by atoms with van der Waals surface area (Å²) in [7, 11) is 0. The molecule has 0 aliphatic heterocycles. The number of hydrogen-bond acceptors (Lipinski definition) is 3. The van der Waals surface area contributed by atoms with Crippen LogP contribution in [0.4, 0.5) is 0 Å². The normalized spacial score (nSPS) is 10.6. The predicted molar refractivity (Wildman–Crippen MR) is 64.1 cm³/mol. The Morgan fingerprint density at radius 1 is 1.27 bits per heavy atom. The van der Waals surface area contributed by atoms with Crippen LogP contribution in [0.25, 0.3) is 11.3 Å². The smallest absolute Gasteiger partial charge is 0.167 e. The lowest BCUT2D eigenvalue weighted by Crippen LogP contribution is -1.82. The molecule has 0 atom stereocenters. The molecular formula is C12H13NOS. The molecule has 3 heteroatoms. The van der Waals surface area contributed by atoms with Crippen LogP contribution in [0.5, 0.6) is 0 Å². The Kier molecular flexibility index (Phi) is 2.82. The van der Waals surface area contributed by atoms with Crippen LogP contribution in [0.1, 0.15) is 16.8 Å². The summed E-state index contributed by atoms with van der Waals surface area (Å²) in [5.41, 5.74) is 4.40. The largest absolute Gasteiger partial charge is 0.356 e. The van der Waals surface area contributed by atoms with Crippen LogP contribution in [0.2, 0.25) is 0 Å². The Bertz CT molecular complexity index is 476. The van der Waals surface area contributed by atoms with Crippen molar-refractivity contribution in [3.63, 3.8) is 0 Å². The fourth-order valence-electron chi connectivity index (χ4n) is 1.51. The summed E-state index contributed by atoms with van der Waals surface area (Å²) < 4.78 is 5.28. The van der Waals surface area contributed by atoms with Gasteiger partial charge in [0.15, 0.2) is 5.76 Å². The maximum atomic E-state index is 5.28. The number of aryl methyl sites for hydroxylation is 2. The van der Waals surface area contributed by atoms with E-state index in [2.05, 4.69) is 49.8 Å². The molecule has 0 fully saturated rings. The van der Waals surface area contributed by atoms with E-state index in [0.29, 0.717) is 5.75 Å². The standard InChI is InChI=1S/C12H13NOS/c1-8-3-4-9(2)11(5-8)12-6-10(7-15)13-14-12/h3-6,15H,7H2,1-2H3. The SMILES string of the molecule is Cc1ccc(C)c(-c2cc(CS)no2)c1. The second-order valence-electron chi connectivity index (χ2n) is 3.66. The Morgan fingerprint density at radius 2 is 2.07 bits per heavy atom. The lowest BCUT2D eigenvalue weighted by Gasteiger charge is -2.02. The molecule has 1 heterocycles. The molecule has 78 valence electrons. The molecule has 1 aromatic carbocycles. The lowest BCUT2D eigenvalue weighted by atomic mass is 10.0. The molecule has 0 aliphatic rings. The van der Waals surface area contributed by atoms with E-state index in [0.717, 1.165) is 17.0 Å². The third-order valence-electron chi connectivity index (χ3n) is 2.38. The summed E-state index contributed by atoms with van der Waals surface area (Å²) in [5.74, 6) is 1.43. The monoisotopic (exact) mass is 219 g/mol. The Balaban J connectivity index is 2.48. The van der Waals surface area contributed by atoms with Crippen LogP contribution in [0.15, 0.2) is 28.8 Å². The van der Waals surface area contributed by atoms with Crippen LogP contribution < -0.4 is 0 Å². The van der Waals surface area contributed by atoms with Crippen LogP contribution in [0.3, 0.4) is 0 Å². The summed E-state index contributed by atoms with van der Waals surface area (Å²) in [6, 6.07) is 8.23. The van der Waals surface area contributed by atoms with Gasteiger partial charge < -0.3 is 4.52 Å². The van der Waals surface area contributed by atoms with Crippen molar-refractivity contribution in [3.8, 4) is 11.3 Å². The first-order valence-electron chi connectivity index (χ1n) is 4.85. The van der Waals surface area contributed by atoms with E-state index >= 15 is 0 Å². The van der Waals surface area contributed by atoms with Crippen LogP contribution in [0, 0.1) is 13.8 Å². The molecular weight excluding hydrogens is 206 g/mol. The van der Waals surface area contributed by atoms with Crippen molar-refractivity contribution >= 4 is 12.6 Å². The maximum Gasteiger partial charge on any atom is 0.167 e. The number of benzene rings is 1. The summed E-state index contributed by atoms with van der Waals surface area (Å²) in [6.45, 7) is 4.14. The maximum absolute atomic E-state index is 5.28. The van der Waals surface area contributed by atoms with Gasteiger partial charge in [-0.25, -0.2) is 0 Å². The minimum Gasteiger partial charge on any atom is -0.356 e. The van der Waals surface area contributed by atoms with Crippen molar-refractivity contribution < 1.29 is 4.52 Å². The zero-order valence-corrected chi connectivity index (χ0v) is 9.71. The summed E-state index contributed by atoms with van der Waals surface area (Å²) in [5, 5.41) is 3.93. The van der Waals surface area contributed by atoms with Gasteiger partial charge in [0, 0.05) is 17.4 Å². The fraction of sp³-hybridized carbons (Fsp3) is 0.250. The number of nitrogens with zero attached hydrogens (tertiary/aromatic N) is 1. The van der Waals surface area contributed by atoms with Gasteiger partial charge in [-0.2, -0.15) is 12.6 Å². The minimum absolute atomic E-state index is 0.606. The Labute approximate surface area is 94.7 Å². The minimum atomic E-state index is 0.606. The lowest BCUT2D eigenvalue weighted by molar-refractivity contribution is 0.426. The van der Waals surface area contributed by atoms with Gasteiger partial charge in [0.2, 0.25) is 0 Å². The quantitative estimate of drug-likeness (QED) is 0.783. The molecule has 0 radical (unpaired) electrons. The molecule has 0 spiro atoms. The van der Waals surface area contributed by atoms with Gasteiger partial charge in [0.1, 0.15) is 0 Å². The average molecular weight is 219 g/mol. The van der Waals surface area contributed by atoms with E-state index in [1.807, 2.05) is 6.07 Å². The van der Waals surface area contributed by atoms with Crippen molar-refractivity contribution in [2.45, 2.75) is 19.6 Å². The van der Waals surface area contributed by atoms with Gasteiger partial charge in [0.05, 0.1) is 5.69 Å². The van der Waals surface area contributed by atoms with Crippen LogP contribution in [-0.4, -0.2) is 5.16 Å². The highest BCUT2D eigenvalue weighted by Gasteiger charge is 2.08. The molecule has 2 aromatic rings. The van der Waals surface area contributed by atoms with Gasteiger partial charge in [0.25, 0.3) is 0 Å². The zero-order valence-electron chi connectivity index (χ0n) is 8.82. The van der Waals surface area contributed by atoms with E-state index in [4.69, 9.17) is 4.52 Å². The molecule has 0 N–H and O–H groups in total. The van der Waals surface area contributed by atoms with Crippen molar-refractivity contribution in [3.05, 3.63) is 41.1 Å². The fourth-order valence-corrected chi connectivity index (χ4v) is 1.66. The first-order valence-corrected chi connectivity index (χ1v) is 5.48. The highest BCUT2D eigenvalue weighted by Crippen LogP contribution is 2.25. The molecule has 0 aliphatic carbocycles. The second-order valence-corrected chi connectivity index (χ2v) is 3.98. The summed E-state index contributed by atoms with van der Waals surface area (Å²) >= 11 is 4.16. The molecule has 1 aromatic heterocycles. The van der Waals surface area contributed by atoms with Crippen molar-refractivity contribution in [1.82, 2.24) is 5.16 Å². The number of rotatable bonds is 2. The average Bonchev–Trinajstić information content (AvgIpc) is 2.70. The highest BCUT2D eigenvalue weighted by atomic mass is 32.1. The summed E-state index contributed by atoms with van der Waals surface area (Å²) in [6.07, 6.45) is 0. The third kappa shape index (κ3) is 2.07. The number of aromatic nitrogens is 1. The van der Waals surface area contributed by atoms with E-state index in [1.54, 1.807) is 0 Å². The molecule has 0 amide bonds. The van der Waals surface area contributed by atoms with Gasteiger partial charge in [-0.15, -0.1) is 0 Å². The molecule has 2 rings (SSSR count). The highest BCUT2D eigenvalue weighted by molar-refractivity contribution is 7.79. The summed E-state index contributed by atoms with van der Waals surface area (Å²) in [4.78, 5) is 0. The molecule has 0 unspecified atom stereocenters. The molecule has 2 nitrogen and oxygen atoms in total. The van der Waals surface area contributed by atoms with Gasteiger partial charge in [-0.3, -0.25) is 0 Å². The topological polar surface area (TPSA) is 26.0 Å². The molecule has 0 saturated heterocycles. The molecule has 15 heavy (non-hydrogen) atoms. The number of thiol groups is 1. The van der Waals surface area contributed by atoms with E-state index in [9.17, 15) is 0 Å².